The summed E-state index contributed by atoms with van der Waals surface area (Å²) in [7, 11) is 0. The van der Waals surface area contributed by atoms with Gasteiger partial charge in [-0.05, 0) is 23.8 Å². The quantitative estimate of drug-likeness (QED) is 0.477. The molecule has 3 rings (SSSR count). The molecular formula is C17H13Cl3N2O. The van der Waals surface area contributed by atoms with E-state index in [-0.39, 0.29) is 17.7 Å². The van der Waals surface area contributed by atoms with Gasteiger partial charge in [-0.3, -0.25) is 4.79 Å². The van der Waals surface area contributed by atoms with Gasteiger partial charge in [0.25, 0.3) is 5.91 Å². The van der Waals surface area contributed by atoms with Crippen molar-refractivity contribution in [2.75, 3.05) is 0 Å². The highest BCUT2D eigenvalue weighted by molar-refractivity contribution is 6.53. The molecule has 1 amide bonds. The summed E-state index contributed by atoms with van der Waals surface area (Å²) in [5.41, 5.74) is 3.95. The molecule has 2 atom stereocenters. The number of nitrogens with zero attached hydrogens (tertiary/aromatic N) is 1. The molecule has 23 heavy (non-hydrogen) atoms. The summed E-state index contributed by atoms with van der Waals surface area (Å²) < 4.78 is -0.897. The van der Waals surface area contributed by atoms with Crippen molar-refractivity contribution < 1.29 is 4.79 Å². The summed E-state index contributed by atoms with van der Waals surface area (Å²) in [6, 6.07) is 16.4. The van der Waals surface area contributed by atoms with Crippen molar-refractivity contribution in [3.8, 4) is 0 Å². The molecule has 118 valence electrons. The monoisotopic (exact) mass is 366 g/mol. The van der Waals surface area contributed by atoms with Crippen molar-refractivity contribution in [3.63, 3.8) is 0 Å². The van der Waals surface area contributed by atoms with Gasteiger partial charge in [-0.1, -0.05) is 48.0 Å². The summed E-state index contributed by atoms with van der Waals surface area (Å²) in [6.45, 7) is 0. The Kier molecular flexibility index (Phi) is 4.62. The third-order valence-electron chi connectivity index (χ3n) is 3.76. The summed E-state index contributed by atoms with van der Waals surface area (Å²) in [5.74, 6) is -0.512. The molecule has 0 saturated heterocycles. The molecule has 3 nitrogen and oxygen atoms in total. The molecule has 0 radical (unpaired) electrons. The lowest BCUT2D eigenvalue weighted by atomic mass is 10.1. The fraction of sp³-hybridized carbons (Fsp3) is 0.176. The van der Waals surface area contributed by atoms with Gasteiger partial charge in [0.15, 0.2) is 0 Å². The zero-order valence-electron chi connectivity index (χ0n) is 11.9. The van der Waals surface area contributed by atoms with E-state index in [1.807, 2.05) is 30.3 Å². The number of rotatable bonds is 4. The lowest BCUT2D eigenvalue weighted by Gasteiger charge is -1.99. The fourth-order valence-corrected chi connectivity index (χ4v) is 3.45. The smallest absolute Gasteiger partial charge is 0.267 e. The van der Waals surface area contributed by atoms with Gasteiger partial charge in [-0.2, -0.15) is 5.10 Å². The maximum absolute atomic E-state index is 12.0. The Balaban J connectivity index is 1.64. The minimum atomic E-state index is -0.897. The number of nitrogens with one attached hydrogen (secondary N) is 1. The molecule has 0 aliphatic heterocycles. The van der Waals surface area contributed by atoms with E-state index in [2.05, 4.69) is 10.5 Å². The second kappa shape index (κ2) is 6.52. The van der Waals surface area contributed by atoms with Gasteiger partial charge in [0.05, 0.1) is 0 Å². The molecule has 0 heterocycles. The van der Waals surface area contributed by atoms with E-state index >= 15 is 0 Å². The highest BCUT2D eigenvalue weighted by Crippen LogP contribution is 2.63. The van der Waals surface area contributed by atoms with Crippen LogP contribution in [0.3, 0.4) is 0 Å². The predicted molar refractivity (Wildman–Crippen MR) is 94.5 cm³/mol. The minimum absolute atomic E-state index is 0.0288. The van der Waals surface area contributed by atoms with Gasteiger partial charge >= 0.3 is 0 Å². The van der Waals surface area contributed by atoms with Gasteiger partial charge in [-0.25, -0.2) is 5.43 Å². The van der Waals surface area contributed by atoms with Gasteiger partial charge in [-0.15, -0.1) is 23.2 Å². The van der Waals surface area contributed by atoms with Crippen LogP contribution in [0.2, 0.25) is 5.02 Å². The van der Waals surface area contributed by atoms with Crippen molar-refractivity contribution in [2.45, 2.75) is 10.3 Å². The topological polar surface area (TPSA) is 41.5 Å². The number of hydrazone groups is 1. The number of halogens is 3. The molecular weight excluding hydrogens is 355 g/mol. The zero-order chi connectivity index (χ0) is 16.4. The molecule has 1 fully saturated rings. The van der Waals surface area contributed by atoms with E-state index in [1.54, 1.807) is 30.5 Å². The average molecular weight is 368 g/mol. The van der Waals surface area contributed by atoms with Crippen LogP contribution in [0.5, 0.6) is 0 Å². The molecule has 1 aliphatic rings. The van der Waals surface area contributed by atoms with Crippen LogP contribution in [-0.2, 0) is 0 Å². The third kappa shape index (κ3) is 3.52. The Morgan fingerprint density at radius 1 is 1.13 bits per heavy atom. The second-order valence-corrected chi connectivity index (χ2v) is 7.20. The number of benzene rings is 2. The standard InChI is InChI=1S/C17H13Cl3N2O/c18-13-8-4-7-12(9-13)16(23)22-21-10-14-15(17(14,19)20)11-5-2-1-3-6-11/h1-10,14-15H,(H,22,23)/b21-10-/t14-,15+/m1/s1. The summed E-state index contributed by atoms with van der Waals surface area (Å²) in [6.07, 6.45) is 1.58. The molecule has 1 N–H and O–H groups in total. The van der Waals surface area contributed by atoms with Crippen molar-refractivity contribution in [1.82, 2.24) is 5.43 Å². The molecule has 2 aromatic rings. The lowest BCUT2D eigenvalue weighted by Crippen LogP contribution is -2.17. The van der Waals surface area contributed by atoms with Gasteiger partial charge in [0.1, 0.15) is 4.33 Å². The van der Waals surface area contributed by atoms with Crippen LogP contribution in [0.4, 0.5) is 0 Å². The maximum Gasteiger partial charge on any atom is 0.271 e. The average Bonchev–Trinajstić information content (AvgIpc) is 3.09. The van der Waals surface area contributed by atoms with Gasteiger partial charge < -0.3 is 0 Å². The Morgan fingerprint density at radius 2 is 1.87 bits per heavy atom. The summed E-state index contributed by atoms with van der Waals surface area (Å²) in [4.78, 5) is 12.0. The first-order chi connectivity index (χ1) is 11.0. The zero-order valence-corrected chi connectivity index (χ0v) is 14.2. The first-order valence-electron chi connectivity index (χ1n) is 7.02. The number of amides is 1. The van der Waals surface area contributed by atoms with Crippen LogP contribution >= 0.6 is 34.8 Å². The molecule has 6 heteroatoms. The Hall–Kier alpha value is -1.55. The van der Waals surface area contributed by atoms with Crippen LogP contribution < -0.4 is 5.43 Å². The van der Waals surface area contributed by atoms with Crippen molar-refractivity contribution >= 4 is 46.9 Å². The van der Waals surface area contributed by atoms with Crippen LogP contribution in [0, 0.1) is 5.92 Å². The van der Waals surface area contributed by atoms with Crippen LogP contribution in [-0.4, -0.2) is 16.5 Å². The maximum atomic E-state index is 12.0. The van der Waals surface area contributed by atoms with E-state index in [1.165, 1.54) is 0 Å². The molecule has 0 aromatic heterocycles. The Bertz CT molecular complexity index is 747. The first kappa shape index (κ1) is 16.3. The molecule has 0 unspecified atom stereocenters. The largest absolute Gasteiger partial charge is 0.271 e. The molecule has 1 aliphatic carbocycles. The number of hydrogen-bond donors (Lipinski definition) is 1. The molecule has 1 saturated carbocycles. The summed E-state index contributed by atoms with van der Waals surface area (Å²) in [5, 5.41) is 4.47. The van der Waals surface area contributed by atoms with E-state index in [9.17, 15) is 4.79 Å². The Morgan fingerprint density at radius 3 is 2.57 bits per heavy atom. The summed E-state index contributed by atoms with van der Waals surface area (Å²) >= 11 is 18.5. The number of alkyl halides is 2. The minimum Gasteiger partial charge on any atom is -0.267 e. The van der Waals surface area contributed by atoms with Crippen LogP contribution in [0.1, 0.15) is 21.8 Å². The van der Waals surface area contributed by atoms with Gasteiger partial charge in [0.2, 0.25) is 0 Å². The first-order valence-corrected chi connectivity index (χ1v) is 8.15. The molecule has 0 bridgehead atoms. The second-order valence-electron chi connectivity index (χ2n) is 5.32. The van der Waals surface area contributed by atoms with E-state index in [0.29, 0.717) is 10.6 Å². The highest BCUT2D eigenvalue weighted by atomic mass is 35.5. The number of carbonyl (C=O) groups is 1. The molecule has 0 spiro atoms. The fourth-order valence-electron chi connectivity index (χ4n) is 2.50. The lowest BCUT2D eigenvalue weighted by molar-refractivity contribution is 0.0955. The number of carbonyl (C=O) groups excluding carboxylic acids is 1. The Labute approximate surface area is 149 Å². The highest BCUT2D eigenvalue weighted by Gasteiger charge is 2.63. The van der Waals surface area contributed by atoms with Crippen molar-refractivity contribution in [3.05, 3.63) is 70.7 Å². The van der Waals surface area contributed by atoms with Gasteiger partial charge in [0, 0.05) is 28.6 Å². The SMILES string of the molecule is O=C(N/N=C\[C@@H]1[C@H](c2ccccc2)C1(Cl)Cl)c1cccc(Cl)c1. The van der Waals surface area contributed by atoms with Crippen LogP contribution in [0.15, 0.2) is 59.7 Å². The van der Waals surface area contributed by atoms with Crippen molar-refractivity contribution in [2.24, 2.45) is 11.0 Å². The normalized spacial score (nSPS) is 22.0. The van der Waals surface area contributed by atoms with E-state index in [0.717, 1.165) is 5.56 Å². The van der Waals surface area contributed by atoms with E-state index < -0.39 is 4.33 Å². The third-order valence-corrected chi connectivity index (χ3v) is 4.97. The predicted octanol–water partition coefficient (Wildman–Crippen LogP) is 4.64. The van der Waals surface area contributed by atoms with Crippen LogP contribution in [0.25, 0.3) is 0 Å². The molecule has 2 aromatic carbocycles. The number of hydrogen-bond acceptors (Lipinski definition) is 2. The van der Waals surface area contributed by atoms with Crippen molar-refractivity contribution in [1.29, 1.82) is 0 Å². The van der Waals surface area contributed by atoms with E-state index in [4.69, 9.17) is 34.8 Å².